The average Bonchev–Trinajstić information content (AvgIpc) is 2.40. The highest BCUT2D eigenvalue weighted by Gasteiger charge is 2.19. The summed E-state index contributed by atoms with van der Waals surface area (Å²) in [6.45, 7) is 11.0. The Labute approximate surface area is 111 Å². The van der Waals surface area contributed by atoms with Gasteiger partial charge < -0.3 is 5.11 Å². The Morgan fingerprint density at radius 2 is 2.00 bits per heavy atom. The number of hydrogen-bond donors (Lipinski definition) is 1. The molecule has 0 fully saturated rings. The van der Waals surface area contributed by atoms with E-state index in [-0.39, 0.29) is 6.10 Å². The lowest BCUT2D eigenvalue weighted by Crippen LogP contribution is -2.19. The van der Waals surface area contributed by atoms with Crippen LogP contribution < -0.4 is 0 Å². The summed E-state index contributed by atoms with van der Waals surface area (Å²) >= 11 is 0. The standard InChI is InChI=1S/C15H28N2O/c1-11(10-15(3,4)5)7-14(18)9-13-8-12(2)16-17(13)6/h8,11,14,18H,7,9-10H2,1-6H3. The van der Waals surface area contributed by atoms with Crippen LogP contribution in [0.5, 0.6) is 0 Å². The Bertz CT molecular complexity index is 376. The molecule has 0 saturated carbocycles. The van der Waals surface area contributed by atoms with Gasteiger partial charge in [-0.15, -0.1) is 0 Å². The van der Waals surface area contributed by atoms with E-state index in [0.717, 1.165) is 24.2 Å². The van der Waals surface area contributed by atoms with E-state index in [2.05, 4.69) is 38.9 Å². The second-order valence-electron chi connectivity index (χ2n) is 6.86. The van der Waals surface area contributed by atoms with Gasteiger partial charge in [0.05, 0.1) is 11.8 Å². The topological polar surface area (TPSA) is 38.0 Å². The van der Waals surface area contributed by atoms with Crippen molar-refractivity contribution in [2.75, 3.05) is 0 Å². The zero-order valence-corrected chi connectivity index (χ0v) is 12.7. The second-order valence-corrected chi connectivity index (χ2v) is 6.86. The number of hydrogen-bond acceptors (Lipinski definition) is 2. The summed E-state index contributed by atoms with van der Waals surface area (Å²) in [7, 11) is 1.94. The number of rotatable bonds is 5. The highest BCUT2D eigenvalue weighted by Crippen LogP contribution is 2.27. The maximum Gasteiger partial charge on any atom is 0.0598 e. The van der Waals surface area contributed by atoms with Gasteiger partial charge in [0, 0.05) is 19.2 Å². The molecule has 0 spiro atoms. The zero-order valence-electron chi connectivity index (χ0n) is 12.7. The van der Waals surface area contributed by atoms with E-state index in [1.165, 1.54) is 0 Å². The highest BCUT2D eigenvalue weighted by molar-refractivity contribution is 5.09. The van der Waals surface area contributed by atoms with Crippen molar-refractivity contribution in [1.82, 2.24) is 9.78 Å². The molecule has 0 saturated heterocycles. The van der Waals surface area contributed by atoms with Crippen molar-refractivity contribution >= 4 is 0 Å². The van der Waals surface area contributed by atoms with Crippen molar-refractivity contribution in [1.29, 1.82) is 0 Å². The largest absolute Gasteiger partial charge is 0.393 e. The molecule has 1 N–H and O–H groups in total. The normalized spacial score (nSPS) is 15.7. The molecule has 3 heteroatoms. The summed E-state index contributed by atoms with van der Waals surface area (Å²) in [4.78, 5) is 0. The van der Waals surface area contributed by atoms with Gasteiger partial charge >= 0.3 is 0 Å². The number of aliphatic hydroxyl groups is 1. The monoisotopic (exact) mass is 252 g/mol. The van der Waals surface area contributed by atoms with E-state index in [0.29, 0.717) is 17.8 Å². The number of aryl methyl sites for hydroxylation is 2. The molecular formula is C15H28N2O. The van der Waals surface area contributed by atoms with E-state index >= 15 is 0 Å². The van der Waals surface area contributed by atoms with Crippen LogP contribution in [0, 0.1) is 18.3 Å². The Kier molecular flexibility index (Phi) is 4.97. The van der Waals surface area contributed by atoms with Crippen molar-refractivity contribution in [3.63, 3.8) is 0 Å². The molecule has 2 atom stereocenters. The first-order valence-electron chi connectivity index (χ1n) is 6.85. The highest BCUT2D eigenvalue weighted by atomic mass is 16.3. The van der Waals surface area contributed by atoms with Gasteiger partial charge in [0.2, 0.25) is 0 Å². The number of aromatic nitrogens is 2. The molecular weight excluding hydrogens is 224 g/mol. The summed E-state index contributed by atoms with van der Waals surface area (Å²) in [5.41, 5.74) is 2.47. The van der Waals surface area contributed by atoms with Gasteiger partial charge in [0.15, 0.2) is 0 Å². The van der Waals surface area contributed by atoms with Gasteiger partial charge in [-0.25, -0.2) is 0 Å². The Hall–Kier alpha value is -0.830. The summed E-state index contributed by atoms with van der Waals surface area (Å²) in [6, 6.07) is 2.05. The van der Waals surface area contributed by atoms with Crippen LogP contribution in [0.1, 0.15) is 51.9 Å². The summed E-state index contributed by atoms with van der Waals surface area (Å²) in [5, 5.41) is 14.5. The minimum atomic E-state index is -0.267. The first-order valence-corrected chi connectivity index (χ1v) is 6.85. The molecule has 1 heterocycles. The molecule has 3 nitrogen and oxygen atoms in total. The van der Waals surface area contributed by atoms with Gasteiger partial charge in [0.25, 0.3) is 0 Å². The molecule has 0 aliphatic carbocycles. The summed E-state index contributed by atoms with van der Waals surface area (Å²) < 4.78 is 1.87. The third-order valence-corrected chi connectivity index (χ3v) is 3.18. The first-order chi connectivity index (χ1) is 8.17. The maximum atomic E-state index is 10.2. The quantitative estimate of drug-likeness (QED) is 0.874. The van der Waals surface area contributed by atoms with Gasteiger partial charge in [-0.1, -0.05) is 27.7 Å². The van der Waals surface area contributed by atoms with Gasteiger partial charge in [-0.05, 0) is 37.2 Å². The molecule has 1 aromatic heterocycles. The third kappa shape index (κ3) is 5.21. The lowest BCUT2D eigenvalue weighted by atomic mass is 9.83. The van der Waals surface area contributed by atoms with Crippen LogP contribution in [-0.4, -0.2) is 21.0 Å². The molecule has 1 aromatic rings. The second kappa shape index (κ2) is 5.87. The van der Waals surface area contributed by atoms with Crippen LogP contribution in [0.4, 0.5) is 0 Å². The molecule has 0 aromatic carbocycles. The van der Waals surface area contributed by atoms with Crippen LogP contribution >= 0.6 is 0 Å². The lowest BCUT2D eigenvalue weighted by molar-refractivity contribution is 0.131. The molecule has 2 unspecified atom stereocenters. The predicted molar refractivity (Wildman–Crippen MR) is 75.5 cm³/mol. The van der Waals surface area contributed by atoms with Crippen molar-refractivity contribution < 1.29 is 5.11 Å². The molecule has 0 aliphatic heterocycles. The molecule has 1 rings (SSSR count). The van der Waals surface area contributed by atoms with Crippen molar-refractivity contribution in [2.24, 2.45) is 18.4 Å². The van der Waals surface area contributed by atoms with Gasteiger partial charge in [-0.2, -0.15) is 5.10 Å². The lowest BCUT2D eigenvalue weighted by Gasteiger charge is -2.24. The molecule has 18 heavy (non-hydrogen) atoms. The SMILES string of the molecule is Cc1cc(CC(O)CC(C)CC(C)(C)C)n(C)n1. The minimum Gasteiger partial charge on any atom is -0.393 e. The fraction of sp³-hybridized carbons (Fsp3) is 0.800. The Morgan fingerprint density at radius 1 is 1.39 bits per heavy atom. The van der Waals surface area contributed by atoms with Crippen LogP contribution in [0.3, 0.4) is 0 Å². The minimum absolute atomic E-state index is 0.267. The van der Waals surface area contributed by atoms with Gasteiger partial charge in [0.1, 0.15) is 0 Å². The van der Waals surface area contributed by atoms with Crippen LogP contribution in [-0.2, 0) is 13.5 Å². The number of aliphatic hydroxyl groups excluding tert-OH is 1. The molecule has 0 amide bonds. The fourth-order valence-corrected chi connectivity index (χ4v) is 2.77. The van der Waals surface area contributed by atoms with E-state index < -0.39 is 0 Å². The maximum absolute atomic E-state index is 10.2. The van der Waals surface area contributed by atoms with E-state index in [1.54, 1.807) is 0 Å². The van der Waals surface area contributed by atoms with Crippen molar-refractivity contribution in [3.05, 3.63) is 17.5 Å². The smallest absolute Gasteiger partial charge is 0.0598 e. The molecule has 0 radical (unpaired) electrons. The predicted octanol–water partition coefficient (Wildman–Crippen LogP) is 3.09. The van der Waals surface area contributed by atoms with Crippen LogP contribution in [0.25, 0.3) is 0 Å². The summed E-state index contributed by atoms with van der Waals surface area (Å²) in [5.74, 6) is 0.550. The van der Waals surface area contributed by atoms with Crippen molar-refractivity contribution in [3.8, 4) is 0 Å². The molecule has 0 aliphatic rings. The van der Waals surface area contributed by atoms with E-state index in [1.807, 2.05) is 18.7 Å². The van der Waals surface area contributed by atoms with E-state index in [4.69, 9.17) is 0 Å². The third-order valence-electron chi connectivity index (χ3n) is 3.18. The van der Waals surface area contributed by atoms with Crippen LogP contribution in [0.2, 0.25) is 0 Å². The Balaban J connectivity index is 2.46. The summed E-state index contributed by atoms with van der Waals surface area (Å²) in [6.07, 6.45) is 2.44. The first kappa shape index (κ1) is 15.2. The number of nitrogens with zero attached hydrogens (tertiary/aromatic N) is 2. The molecule has 0 bridgehead atoms. The fourth-order valence-electron chi connectivity index (χ4n) is 2.77. The van der Waals surface area contributed by atoms with E-state index in [9.17, 15) is 5.11 Å². The zero-order chi connectivity index (χ0) is 13.9. The van der Waals surface area contributed by atoms with Gasteiger partial charge in [-0.3, -0.25) is 4.68 Å². The van der Waals surface area contributed by atoms with Crippen molar-refractivity contribution in [2.45, 2.75) is 60.0 Å². The van der Waals surface area contributed by atoms with Crippen LogP contribution in [0.15, 0.2) is 6.07 Å². The average molecular weight is 252 g/mol. The molecule has 104 valence electrons. The Morgan fingerprint density at radius 3 is 2.44 bits per heavy atom.